The minimum Gasteiger partial charge on any atom is -0.347 e. The average Bonchev–Trinajstić information content (AvgIpc) is 3.05. The molecule has 8 nitrogen and oxygen atoms in total. The van der Waals surface area contributed by atoms with E-state index in [0.29, 0.717) is 48.9 Å². The molecule has 138 valence electrons. The van der Waals surface area contributed by atoms with Crippen LogP contribution in [0.25, 0.3) is 0 Å². The molecule has 0 aliphatic carbocycles. The molecular weight excluding hydrogens is 356 g/mol. The number of aromatic nitrogens is 2. The van der Waals surface area contributed by atoms with Gasteiger partial charge < -0.3 is 19.6 Å². The van der Waals surface area contributed by atoms with Gasteiger partial charge in [0.05, 0.1) is 13.1 Å². The average molecular weight is 377 g/mol. The summed E-state index contributed by atoms with van der Waals surface area (Å²) < 4.78 is 5.08. The fraction of sp³-hybridized carbons (Fsp3) is 0.412. The molecule has 0 saturated carbocycles. The lowest BCUT2D eigenvalue weighted by Gasteiger charge is -2.36. The highest BCUT2D eigenvalue weighted by Gasteiger charge is 2.26. The lowest BCUT2D eigenvalue weighted by molar-refractivity contribution is -0.135. The van der Waals surface area contributed by atoms with Crippen LogP contribution in [0.5, 0.6) is 0 Å². The minimum absolute atomic E-state index is 0.0581. The Bertz CT molecular complexity index is 789. The molecule has 2 heterocycles. The predicted octanol–water partition coefficient (Wildman–Crippen LogP) is 1.45. The van der Waals surface area contributed by atoms with Gasteiger partial charge in [-0.3, -0.25) is 9.79 Å². The van der Waals surface area contributed by atoms with E-state index in [0.717, 1.165) is 5.56 Å². The number of benzene rings is 1. The van der Waals surface area contributed by atoms with Gasteiger partial charge in [0.25, 0.3) is 0 Å². The van der Waals surface area contributed by atoms with Gasteiger partial charge in [0.15, 0.2) is 11.8 Å². The fourth-order valence-corrected chi connectivity index (χ4v) is 2.89. The van der Waals surface area contributed by atoms with Crippen molar-refractivity contribution in [2.75, 3.05) is 26.7 Å². The van der Waals surface area contributed by atoms with Crippen LogP contribution in [0, 0.1) is 6.92 Å². The monoisotopic (exact) mass is 376 g/mol. The normalized spacial score (nSPS) is 15.5. The molecule has 3 rings (SSSR count). The van der Waals surface area contributed by atoms with Crippen molar-refractivity contribution in [1.82, 2.24) is 25.3 Å². The second kappa shape index (κ2) is 8.18. The number of guanidine groups is 1. The third-order valence-corrected chi connectivity index (χ3v) is 4.34. The topological polar surface area (TPSA) is 86.9 Å². The van der Waals surface area contributed by atoms with Crippen molar-refractivity contribution in [3.8, 4) is 0 Å². The van der Waals surface area contributed by atoms with Crippen LogP contribution in [0.3, 0.4) is 0 Å². The lowest BCUT2D eigenvalue weighted by atomic mass is 10.2. The van der Waals surface area contributed by atoms with E-state index in [-0.39, 0.29) is 12.5 Å². The third-order valence-electron chi connectivity index (χ3n) is 4.08. The van der Waals surface area contributed by atoms with Gasteiger partial charge in [-0.25, -0.2) is 0 Å². The molecule has 1 aromatic carbocycles. The van der Waals surface area contributed by atoms with E-state index in [2.05, 4.69) is 20.4 Å². The summed E-state index contributed by atoms with van der Waals surface area (Å²) in [5.74, 6) is 1.77. The van der Waals surface area contributed by atoms with Crippen LogP contribution >= 0.6 is 11.6 Å². The summed E-state index contributed by atoms with van der Waals surface area (Å²) >= 11 is 5.91. The molecule has 9 heteroatoms. The van der Waals surface area contributed by atoms with Crippen LogP contribution in [-0.4, -0.2) is 58.5 Å². The number of carbonyl (C=O) groups excluding carboxylic acids is 1. The van der Waals surface area contributed by atoms with Crippen molar-refractivity contribution in [3.05, 3.63) is 46.6 Å². The van der Waals surface area contributed by atoms with Gasteiger partial charge in [0.2, 0.25) is 11.8 Å². The Labute approximate surface area is 156 Å². The van der Waals surface area contributed by atoms with Crippen LogP contribution in [0.4, 0.5) is 0 Å². The number of nitrogens with one attached hydrogen (secondary N) is 1. The van der Waals surface area contributed by atoms with E-state index >= 15 is 0 Å². The summed E-state index contributed by atoms with van der Waals surface area (Å²) in [6.45, 7) is 4.31. The van der Waals surface area contributed by atoms with Gasteiger partial charge in [0, 0.05) is 31.7 Å². The van der Waals surface area contributed by atoms with Gasteiger partial charge in [-0.1, -0.05) is 28.9 Å². The Hall–Kier alpha value is -2.61. The number of rotatable bonds is 4. The van der Waals surface area contributed by atoms with Gasteiger partial charge in [0.1, 0.15) is 0 Å². The number of nitrogens with zero attached hydrogens (tertiary/aromatic N) is 5. The van der Waals surface area contributed by atoms with Gasteiger partial charge >= 0.3 is 0 Å². The first-order chi connectivity index (χ1) is 12.5. The molecule has 0 radical (unpaired) electrons. The Balaban J connectivity index is 1.54. The molecule has 1 N–H and O–H groups in total. The highest BCUT2D eigenvalue weighted by Crippen LogP contribution is 2.13. The molecule has 1 saturated heterocycles. The van der Waals surface area contributed by atoms with Gasteiger partial charge in [-0.2, -0.15) is 4.98 Å². The number of aryl methyl sites for hydroxylation is 1. The standard InChI is InChI=1S/C17H21ClN6O2/c1-12-21-15(26-22-12)9-20-17(19-2)24-8-7-23(16(25)11-24)10-13-3-5-14(18)6-4-13/h3-6H,7-11H2,1-2H3,(H,19,20). The zero-order chi connectivity index (χ0) is 18.5. The minimum atomic E-state index is 0.0581. The van der Waals surface area contributed by atoms with Gasteiger partial charge in [-0.15, -0.1) is 0 Å². The summed E-state index contributed by atoms with van der Waals surface area (Å²) in [5, 5.41) is 7.60. The SMILES string of the molecule is CN=C(NCc1nc(C)no1)N1CCN(Cc2ccc(Cl)cc2)C(=O)C1. The van der Waals surface area contributed by atoms with Crippen LogP contribution in [0.2, 0.25) is 5.02 Å². The maximum Gasteiger partial charge on any atom is 0.246 e. The summed E-state index contributed by atoms with van der Waals surface area (Å²) in [6, 6.07) is 7.55. The number of hydrogen-bond acceptors (Lipinski definition) is 5. The first kappa shape index (κ1) is 18.2. The summed E-state index contributed by atoms with van der Waals surface area (Å²) in [7, 11) is 1.69. The molecule has 1 amide bonds. The van der Waals surface area contributed by atoms with E-state index in [1.54, 1.807) is 14.0 Å². The van der Waals surface area contributed by atoms with Crippen LogP contribution in [0.15, 0.2) is 33.8 Å². The van der Waals surface area contributed by atoms with Crippen molar-refractivity contribution in [3.63, 3.8) is 0 Å². The number of amides is 1. The molecule has 1 aromatic heterocycles. The Morgan fingerprint density at radius 1 is 1.35 bits per heavy atom. The van der Waals surface area contributed by atoms with Crippen LogP contribution < -0.4 is 5.32 Å². The maximum absolute atomic E-state index is 12.5. The Kier molecular flexibility index (Phi) is 5.72. The third kappa shape index (κ3) is 4.51. The number of aliphatic imine (C=N–C) groups is 1. The molecule has 1 fully saturated rings. The molecule has 1 aliphatic heterocycles. The zero-order valence-corrected chi connectivity index (χ0v) is 15.5. The number of piperazine rings is 1. The molecule has 0 atom stereocenters. The van der Waals surface area contributed by atoms with E-state index < -0.39 is 0 Å². The summed E-state index contributed by atoms with van der Waals surface area (Å²) in [5.41, 5.74) is 1.06. The van der Waals surface area contributed by atoms with Crippen molar-refractivity contribution in [2.24, 2.45) is 4.99 Å². The molecular formula is C17H21ClN6O2. The predicted molar refractivity (Wildman–Crippen MR) is 97.7 cm³/mol. The van der Waals surface area contributed by atoms with Crippen molar-refractivity contribution in [1.29, 1.82) is 0 Å². The quantitative estimate of drug-likeness (QED) is 0.642. The zero-order valence-electron chi connectivity index (χ0n) is 14.8. The molecule has 26 heavy (non-hydrogen) atoms. The van der Waals surface area contributed by atoms with Crippen LogP contribution in [0.1, 0.15) is 17.3 Å². The molecule has 0 bridgehead atoms. The summed E-state index contributed by atoms with van der Waals surface area (Å²) in [6.07, 6.45) is 0. The second-order valence-corrected chi connectivity index (χ2v) is 6.44. The lowest BCUT2D eigenvalue weighted by Crippen LogP contribution is -2.54. The van der Waals surface area contributed by atoms with Gasteiger partial charge in [-0.05, 0) is 24.6 Å². The fourth-order valence-electron chi connectivity index (χ4n) is 2.77. The molecule has 2 aromatic rings. The highest BCUT2D eigenvalue weighted by atomic mass is 35.5. The van der Waals surface area contributed by atoms with Crippen molar-refractivity contribution >= 4 is 23.5 Å². The van der Waals surface area contributed by atoms with Crippen molar-refractivity contribution < 1.29 is 9.32 Å². The highest BCUT2D eigenvalue weighted by molar-refractivity contribution is 6.30. The molecule has 0 unspecified atom stereocenters. The van der Waals surface area contributed by atoms with E-state index in [1.165, 1.54) is 0 Å². The Morgan fingerprint density at radius 2 is 2.12 bits per heavy atom. The van der Waals surface area contributed by atoms with E-state index in [9.17, 15) is 4.79 Å². The summed E-state index contributed by atoms with van der Waals surface area (Å²) in [4.78, 5) is 24.7. The first-order valence-electron chi connectivity index (χ1n) is 8.32. The largest absolute Gasteiger partial charge is 0.347 e. The smallest absolute Gasteiger partial charge is 0.246 e. The second-order valence-electron chi connectivity index (χ2n) is 6.00. The number of hydrogen-bond donors (Lipinski definition) is 1. The Morgan fingerprint density at radius 3 is 2.73 bits per heavy atom. The van der Waals surface area contributed by atoms with E-state index in [1.807, 2.05) is 34.1 Å². The first-order valence-corrected chi connectivity index (χ1v) is 8.70. The van der Waals surface area contributed by atoms with Crippen LogP contribution in [-0.2, 0) is 17.9 Å². The van der Waals surface area contributed by atoms with E-state index in [4.69, 9.17) is 16.1 Å². The molecule has 0 spiro atoms. The van der Waals surface area contributed by atoms with Crippen molar-refractivity contribution in [2.45, 2.75) is 20.0 Å². The molecule has 1 aliphatic rings. The number of carbonyl (C=O) groups is 1. The maximum atomic E-state index is 12.5. The number of halogens is 1.